The second kappa shape index (κ2) is 5.25. The molecule has 5 heteroatoms. The molecule has 122 valence electrons. The van der Waals surface area contributed by atoms with Crippen molar-refractivity contribution in [2.24, 2.45) is 5.92 Å². The van der Waals surface area contributed by atoms with Crippen molar-refractivity contribution in [3.8, 4) is 0 Å². The molecule has 1 aliphatic heterocycles. The largest absolute Gasteiger partial charge is 0.447 e. The van der Waals surface area contributed by atoms with Gasteiger partial charge in [-0.1, -0.05) is 30.3 Å². The fraction of sp³-hybridized carbons (Fsp3) is 0.556. The third kappa shape index (κ3) is 2.48. The van der Waals surface area contributed by atoms with E-state index < -0.39 is 0 Å². The van der Waals surface area contributed by atoms with Crippen molar-refractivity contribution in [3.05, 3.63) is 35.9 Å². The highest BCUT2D eigenvalue weighted by Crippen LogP contribution is 2.44. The first kappa shape index (κ1) is 14.5. The first-order valence-corrected chi connectivity index (χ1v) is 8.33. The number of hydrogen-bond donors (Lipinski definition) is 1. The molecule has 3 fully saturated rings. The minimum Gasteiger partial charge on any atom is -0.447 e. The lowest BCUT2D eigenvalue weighted by molar-refractivity contribution is -0.143. The Morgan fingerprint density at radius 3 is 2.57 bits per heavy atom. The van der Waals surface area contributed by atoms with E-state index >= 15 is 0 Å². The lowest BCUT2D eigenvalue weighted by atomic mass is 9.67. The number of hydrogen-bond acceptors (Lipinski definition) is 3. The average molecular weight is 314 g/mol. The number of carbonyl (C=O) groups is 2. The molecule has 5 nitrogen and oxygen atoms in total. The Kier molecular flexibility index (Phi) is 3.32. The van der Waals surface area contributed by atoms with E-state index in [9.17, 15) is 9.59 Å². The number of carbonyl (C=O) groups excluding carboxylic acids is 2. The van der Waals surface area contributed by atoms with Crippen molar-refractivity contribution in [1.29, 1.82) is 0 Å². The van der Waals surface area contributed by atoms with E-state index in [0.717, 1.165) is 12.8 Å². The van der Waals surface area contributed by atoms with E-state index in [1.165, 1.54) is 5.56 Å². The van der Waals surface area contributed by atoms with Gasteiger partial charge in [-0.3, -0.25) is 4.79 Å². The number of cyclic esters (lactones) is 1. The van der Waals surface area contributed by atoms with Crippen molar-refractivity contribution < 1.29 is 14.3 Å². The number of amides is 2. The molecule has 4 rings (SSSR count). The lowest BCUT2D eigenvalue weighted by Gasteiger charge is -2.47. The summed E-state index contributed by atoms with van der Waals surface area (Å²) in [5.41, 5.74) is 1.10. The summed E-state index contributed by atoms with van der Waals surface area (Å²) in [5.74, 6) is 0.817. The third-order valence-corrected chi connectivity index (χ3v) is 5.75. The number of benzene rings is 1. The van der Waals surface area contributed by atoms with E-state index in [2.05, 4.69) is 29.6 Å². The van der Waals surface area contributed by atoms with Crippen molar-refractivity contribution in [2.75, 3.05) is 13.7 Å². The summed E-state index contributed by atoms with van der Waals surface area (Å²) in [6.45, 7) is 0.402. The standard InChI is InChI=1S/C18H22N2O3/c1-20(15-7-13(8-15)12-5-3-2-4-6-12)16(21)14-9-18(10-14)11-23-17(22)19-18/h2-6,13-15H,7-11H2,1H3,(H,19,22). The molecule has 0 radical (unpaired) electrons. The topological polar surface area (TPSA) is 58.6 Å². The van der Waals surface area contributed by atoms with E-state index in [1.807, 2.05) is 18.0 Å². The van der Waals surface area contributed by atoms with Gasteiger partial charge in [-0.2, -0.15) is 0 Å². The van der Waals surface area contributed by atoms with Gasteiger partial charge in [0.1, 0.15) is 6.61 Å². The summed E-state index contributed by atoms with van der Waals surface area (Å²) in [6.07, 6.45) is 3.15. The monoisotopic (exact) mass is 314 g/mol. The molecule has 1 saturated heterocycles. The van der Waals surface area contributed by atoms with Gasteiger partial charge in [-0.25, -0.2) is 4.79 Å². The predicted octanol–water partition coefficient (Wildman–Crippen LogP) is 2.28. The maximum atomic E-state index is 12.6. The summed E-state index contributed by atoms with van der Waals surface area (Å²) in [7, 11) is 1.92. The summed E-state index contributed by atoms with van der Waals surface area (Å²) in [6, 6.07) is 10.9. The Hall–Kier alpha value is -2.04. The number of ether oxygens (including phenoxy) is 1. The number of rotatable bonds is 3. The van der Waals surface area contributed by atoms with Crippen LogP contribution in [0.2, 0.25) is 0 Å². The normalized spacial score (nSPS) is 35.0. The Labute approximate surface area is 136 Å². The summed E-state index contributed by atoms with van der Waals surface area (Å²) in [5, 5.41) is 2.84. The second-order valence-corrected chi connectivity index (χ2v) is 7.27. The molecular weight excluding hydrogens is 292 g/mol. The molecule has 1 spiro atoms. The maximum absolute atomic E-state index is 12.6. The Balaban J connectivity index is 1.29. The smallest absolute Gasteiger partial charge is 0.407 e. The molecule has 1 aromatic carbocycles. The highest BCUT2D eigenvalue weighted by Gasteiger charge is 2.53. The highest BCUT2D eigenvalue weighted by atomic mass is 16.6. The molecule has 1 heterocycles. The van der Waals surface area contributed by atoms with Gasteiger partial charge in [0.05, 0.1) is 5.54 Å². The lowest BCUT2D eigenvalue weighted by Crippen LogP contribution is -2.59. The van der Waals surface area contributed by atoms with Gasteiger partial charge in [0.15, 0.2) is 0 Å². The predicted molar refractivity (Wildman–Crippen MR) is 84.9 cm³/mol. The van der Waals surface area contributed by atoms with Crippen molar-refractivity contribution in [2.45, 2.75) is 43.2 Å². The molecule has 0 unspecified atom stereocenters. The van der Waals surface area contributed by atoms with Gasteiger partial charge < -0.3 is 15.0 Å². The van der Waals surface area contributed by atoms with Gasteiger partial charge in [-0.05, 0) is 37.2 Å². The third-order valence-electron chi connectivity index (χ3n) is 5.75. The van der Waals surface area contributed by atoms with Crippen LogP contribution in [0.25, 0.3) is 0 Å². The summed E-state index contributed by atoms with van der Waals surface area (Å²) in [4.78, 5) is 25.7. The first-order chi connectivity index (χ1) is 11.1. The van der Waals surface area contributed by atoms with E-state index in [1.54, 1.807) is 0 Å². The van der Waals surface area contributed by atoms with Crippen LogP contribution >= 0.6 is 0 Å². The molecular formula is C18H22N2O3. The highest BCUT2D eigenvalue weighted by molar-refractivity contribution is 5.81. The maximum Gasteiger partial charge on any atom is 0.407 e. The Bertz CT molecular complexity index is 618. The van der Waals surface area contributed by atoms with Crippen LogP contribution in [0.3, 0.4) is 0 Å². The van der Waals surface area contributed by atoms with Crippen LogP contribution in [0.15, 0.2) is 30.3 Å². The number of alkyl carbamates (subject to hydrolysis) is 1. The van der Waals surface area contributed by atoms with Crippen LogP contribution < -0.4 is 5.32 Å². The Morgan fingerprint density at radius 2 is 1.96 bits per heavy atom. The summed E-state index contributed by atoms with van der Waals surface area (Å²) >= 11 is 0. The summed E-state index contributed by atoms with van der Waals surface area (Å²) < 4.78 is 4.97. The van der Waals surface area contributed by atoms with Crippen LogP contribution in [0.5, 0.6) is 0 Å². The molecule has 2 aliphatic carbocycles. The van der Waals surface area contributed by atoms with E-state index in [-0.39, 0.29) is 23.5 Å². The first-order valence-electron chi connectivity index (χ1n) is 8.33. The van der Waals surface area contributed by atoms with Gasteiger partial charge in [0.2, 0.25) is 5.91 Å². The van der Waals surface area contributed by atoms with Crippen LogP contribution in [0.1, 0.15) is 37.2 Å². The Morgan fingerprint density at radius 1 is 1.26 bits per heavy atom. The molecule has 1 aromatic rings. The number of nitrogens with zero attached hydrogens (tertiary/aromatic N) is 1. The van der Waals surface area contributed by atoms with Crippen LogP contribution in [0.4, 0.5) is 4.79 Å². The minimum absolute atomic E-state index is 0.0257. The fourth-order valence-electron chi connectivity index (χ4n) is 4.14. The van der Waals surface area contributed by atoms with Gasteiger partial charge in [-0.15, -0.1) is 0 Å². The second-order valence-electron chi connectivity index (χ2n) is 7.27. The zero-order chi connectivity index (χ0) is 16.0. The SMILES string of the molecule is CN(C(=O)C1CC2(COC(=O)N2)C1)C1CC(c2ccccc2)C1. The molecule has 2 amide bonds. The van der Waals surface area contributed by atoms with Crippen molar-refractivity contribution in [3.63, 3.8) is 0 Å². The minimum atomic E-state index is -0.353. The average Bonchev–Trinajstić information content (AvgIpc) is 2.87. The molecule has 3 aliphatic rings. The quantitative estimate of drug-likeness (QED) is 0.931. The molecule has 0 aromatic heterocycles. The number of nitrogens with one attached hydrogen (secondary N) is 1. The van der Waals surface area contributed by atoms with E-state index in [0.29, 0.717) is 31.4 Å². The van der Waals surface area contributed by atoms with Crippen molar-refractivity contribution >= 4 is 12.0 Å². The zero-order valence-electron chi connectivity index (χ0n) is 13.3. The molecule has 1 N–H and O–H groups in total. The molecule has 0 bridgehead atoms. The van der Waals surface area contributed by atoms with Gasteiger partial charge in [0, 0.05) is 19.0 Å². The van der Waals surface area contributed by atoms with E-state index in [4.69, 9.17) is 4.74 Å². The molecule has 23 heavy (non-hydrogen) atoms. The van der Waals surface area contributed by atoms with Gasteiger partial charge in [0.25, 0.3) is 0 Å². The van der Waals surface area contributed by atoms with Crippen LogP contribution in [0, 0.1) is 5.92 Å². The fourth-order valence-corrected chi connectivity index (χ4v) is 4.14. The van der Waals surface area contributed by atoms with Gasteiger partial charge >= 0.3 is 6.09 Å². The van der Waals surface area contributed by atoms with Crippen molar-refractivity contribution in [1.82, 2.24) is 10.2 Å². The van der Waals surface area contributed by atoms with Crippen LogP contribution in [-0.4, -0.2) is 42.1 Å². The zero-order valence-corrected chi connectivity index (χ0v) is 13.3. The van der Waals surface area contributed by atoms with Crippen LogP contribution in [-0.2, 0) is 9.53 Å². The molecule has 0 atom stereocenters. The molecule has 2 saturated carbocycles.